The number of carbonyl (C=O) groups excluding carboxylic acids is 2. The van der Waals surface area contributed by atoms with Crippen LogP contribution < -0.4 is 15.5 Å². The maximum atomic E-state index is 12.1. The van der Waals surface area contributed by atoms with Crippen molar-refractivity contribution in [3.8, 4) is 0 Å². The summed E-state index contributed by atoms with van der Waals surface area (Å²) in [5, 5.41) is 16.0. The standard InChI is InChI=1S/C20H23N5O4/c1-14-12-16(25(28)29)5-6-17(14)23-20(27)19(26)22-13-15-7-10-24(11-8-15)18-4-2-3-9-21-18/h2-6,9,12,15H,7-8,10-11,13H2,1H3,(H,22,26)(H,23,27). The monoisotopic (exact) mass is 397 g/mol. The quantitative estimate of drug-likeness (QED) is 0.454. The zero-order chi connectivity index (χ0) is 20.8. The summed E-state index contributed by atoms with van der Waals surface area (Å²) in [4.78, 5) is 41.1. The number of aryl methyl sites for hydroxylation is 1. The molecule has 0 bridgehead atoms. The molecule has 2 N–H and O–H groups in total. The summed E-state index contributed by atoms with van der Waals surface area (Å²) in [5.74, 6) is -0.247. The fourth-order valence-corrected chi connectivity index (χ4v) is 3.31. The Bertz CT molecular complexity index is 895. The van der Waals surface area contributed by atoms with Gasteiger partial charge in [0.25, 0.3) is 5.69 Å². The van der Waals surface area contributed by atoms with Crippen molar-refractivity contribution in [3.63, 3.8) is 0 Å². The minimum Gasteiger partial charge on any atom is -0.357 e. The van der Waals surface area contributed by atoms with E-state index >= 15 is 0 Å². The predicted octanol–water partition coefficient (Wildman–Crippen LogP) is 2.27. The number of anilines is 2. The number of non-ortho nitro benzene ring substituents is 1. The Morgan fingerprint density at radius 2 is 1.97 bits per heavy atom. The van der Waals surface area contributed by atoms with E-state index in [1.165, 1.54) is 18.2 Å². The number of hydrogen-bond acceptors (Lipinski definition) is 6. The molecule has 1 aliphatic rings. The van der Waals surface area contributed by atoms with E-state index < -0.39 is 16.7 Å². The molecule has 2 aromatic rings. The van der Waals surface area contributed by atoms with Crippen LogP contribution in [0.5, 0.6) is 0 Å². The molecule has 2 amide bonds. The fraction of sp³-hybridized carbons (Fsp3) is 0.350. The summed E-state index contributed by atoms with van der Waals surface area (Å²) >= 11 is 0. The van der Waals surface area contributed by atoms with Crippen LogP contribution in [0, 0.1) is 23.0 Å². The summed E-state index contributed by atoms with van der Waals surface area (Å²) < 4.78 is 0. The SMILES string of the molecule is Cc1cc([N+](=O)[O-])ccc1NC(=O)C(=O)NCC1CCN(c2ccccn2)CC1. The predicted molar refractivity (Wildman–Crippen MR) is 109 cm³/mol. The molecule has 1 saturated heterocycles. The van der Waals surface area contributed by atoms with Gasteiger partial charge >= 0.3 is 11.8 Å². The number of nitrogens with one attached hydrogen (secondary N) is 2. The molecule has 0 radical (unpaired) electrons. The van der Waals surface area contributed by atoms with Gasteiger partial charge in [-0.3, -0.25) is 19.7 Å². The van der Waals surface area contributed by atoms with Gasteiger partial charge in [-0.05, 0) is 49.4 Å². The van der Waals surface area contributed by atoms with E-state index in [1.807, 2.05) is 18.2 Å². The Hall–Kier alpha value is -3.49. The number of rotatable bonds is 5. The lowest BCUT2D eigenvalue weighted by atomic mass is 9.97. The van der Waals surface area contributed by atoms with Crippen molar-refractivity contribution >= 4 is 29.0 Å². The highest BCUT2D eigenvalue weighted by Gasteiger charge is 2.22. The Balaban J connectivity index is 1.45. The first-order valence-corrected chi connectivity index (χ1v) is 9.44. The number of piperidine rings is 1. The van der Waals surface area contributed by atoms with Gasteiger partial charge in [-0.1, -0.05) is 6.07 Å². The summed E-state index contributed by atoms with van der Waals surface area (Å²) in [7, 11) is 0. The van der Waals surface area contributed by atoms with Gasteiger partial charge in [0, 0.05) is 43.7 Å². The first-order valence-electron chi connectivity index (χ1n) is 9.44. The molecule has 152 valence electrons. The molecule has 0 saturated carbocycles. The van der Waals surface area contributed by atoms with Gasteiger partial charge in [0.05, 0.1) is 4.92 Å². The third kappa shape index (κ3) is 5.28. The van der Waals surface area contributed by atoms with Crippen LogP contribution in [0.25, 0.3) is 0 Å². The molecule has 2 heterocycles. The Morgan fingerprint density at radius 3 is 2.59 bits per heavy atom. The molecule has 1 aromatic carbocycles. The molecule has 0 aliphatic carbocycles. The van der Waals surface area contributed by atoms with Gasteiger partial charge in [0.1, 0.15) is 5.82 Å². The van der Waals surface area contributed by atoms with Gasteiger partial charge in [-0.25, -0.2) is 4.98 Å². The van der Waals surface area contributed by atoms with Crippen LogP contribution in [0.1, 0.15) is 18.4 Å². The van der Waals surface area contributed by atoms with Crippen molar-refractivity contribution < 1.29 is 14.5 Å². The molecule has 0 spiro atoms. The molecule has 3 rings (SSSR count). The number of nitro groups is 1. The van der Waals surface area contributed by atoms with Crippen LogP contribution >= 0.6 is 0 Å². The molecule has 0 unspecified atom stereocenters. The number of pyridine rings is 1. The molecular weight excluding hydrogens is 374 g/mol. The second kappa shape index (κ2) is 9.13. The highest BCUT2D eigenvalue weighted by molar-refractivity contribution is 6.39. The van der Waals surface area contributed by atoms with Gasteiger partial charge in [-0.2, -0.15) is 0 Å². The van der Waals surface area contributed by atoms with Crippen molar-refractivity contribution in [2.24, 2.45) is 5.92 Å². The topological polar surface area (TPSA) is 117 Å². The summed E-state index contributed by atoms with van der Waals surface area (Å²) in [6.45, 7) is 3.77. The highest BCUT2D eigenvalue weighted by atomic mass is 16.6. The van der Waals surface area contributed by atoms with Crippen molar-refractivity contribution in [1.82, 2.24) is 10.3 Å². The van der Waals surface area contributed by atoms with Crippen LogP contribution in [-0.2, 0) is 9.59 Å². The van der Waals surface area contributed by atoms with Crippen LogP contribution in [-0.4, -0.2) is 41.4 Å². The van der Waals surface area contributed by atoms with Crippen LogP contribution in [0.3, 0.4) is 0 Å². The molecule has 1 aromatic heterocycles. The largest absolute Gasteiger partial charge is 0.357 e. The number of amides is 2. The maximum absolute atomic E-state index is 12.1. The van der Waals surface area contributed by atoms with Gasteiger partial charge < -0.3 is 15.5 Å². The second-order valence-corrected chi connectivity index (χ2v) is 7.04. The summed E-state index contributed by atoms with van der Waals surface area (Å²) in [6, 6.07) is 9.88. The average Bonchev–Trinajstić information content (AvgIpc) is 2.74. The summed E-state index contributed by atoms with van der Waals surface area (Å²) in [6.07, 6.45) is 3.58. The Morgan fingerprint density at radius 1 is 1.21 bits per heavy atom. The molecular formula is C20H23N5O4. The smallest absolute Gasteiger partial charge is 0.313 e. The number of nitrogens with zero attached hydrogens (tertiary/aromatic N) is 3. The normalized spacial score (nSPS) is 14.3. The highest BCUT2D eigenvalue weighted by Crippen LogP contribution is 2.22. The fourth-order valence-electron chi connectivity index (χ4n) is 3.31. The van der Waals surface area contributed by atoms with Crippen LogP contribution in [0.4, 0.5) is 17.2 Å². The first kappa shape index (κ1) is 20.2. The number of benzene rings is 1. The molecule has 9 nitrogen and oxygen atoms in total. The Kier molecular flexibility index (Phi) is 6.38. The number of hydrogen-bond donors (Lipinski definition) is 2. The van der Waals surface area contributed by atoms with Crippen LogP contribution in [0.15, 0.2) is 42.6 Å². The summed E-state index contributed by atoms with van der Waals surface area (Å²) in [5.41, 5.74) is 0.823. The third-order valence-corrected chi connectivity index (χ3v) is 5.01. The van der Waals surface area contributed by atoms with Crippen LogP contribution in [0.2, 0.25) is 0 Å². The maximum Gasteiger partial charge on any atom is 0.313 e. The lowest BCUT2D eigenvalue weighted by molar-refractivity contribution is -0.384. The minimum atomic E-state index is -0.784. The minimum absolute atomic E-state index is 0.0676. The van der Waals surface area contributed by atoms with E-state index in [-0.39, 0.29) is 5.69 Å². The van der Waals surface area contributed by atoms with Gasteiger partial charge in [0.2, 0.25) is 0 Å². The molecule has 29 heavy (non-hydrogen) atoms. The van der Waals surface area contributed by atoms with Crippen molar-refractivity contribution in [3.05, 3.63) is 58.3 Å². The van der Waals surface area contributed by atoms with Crippen molar-refractivity contribution in [2.45, 2.75) is 19.8 Å². The zero-order valence-electron chi connectivity index (χ0n) is 16.1. The van der Waals surface area contributed by atoms with Crippen molar-refractivity contribution in [2.75, 3.05) is 29.9 Å². The molecule has 0 atom stereocenters. The first-order chi connectivity index (χ1) is 13.9. The van der Waals surface area contributed by atoms with E-state index in [2.05, 4.69) is 20.5 Å². The van der Waals surface area contributed by atoms with E-state index in [4.69, 9.17) is 0 Å². The Labute approximate surface area is 168 Å². The zero-order valence-corrected chi connectivity index (χ0v) is 16.1. The van der Waals surface area contributed by atoms with E-state index in [9.17, 15) is 19.7 Å². The third-order valence-electron chi connectivity index (χ3n) is 5.01. The number of aromatic nitrogens is 1. The lowest BCUT2D eigenvalue weighted by Crippen LogP contribution is -2.42. The van der Waals surface area contributed by atoms with Crippen molar-refractivity contribution in [1.29, 1.82) is 0 Å². The number of carbonyl (C=O) groups is 2. The lowest BCUT2D eigenvalue weighted by Gasteiger charge is -2.32. The molecule has 9 heteroatoms. The van der Waals surface area contributed by atoms with E-state index in [0.717, 1.165) is 31.7 Å². The van der Waals surface area contributed by atoms with Gasteiger partial charge in [0.15, 0.2) is 0 Å². The second-order valence-electron chi connectivity index (χ2n) is 7.04. The van der Waals surface area contributed by atoms with E-state index in [1.54, 1.807) is 13.1 Å². The molecule has 1 fully saturated rings. The van der Waals surface area contributed by atoms with E-state index in [0.29, 0.717) is 23.7 Å². The average molecular weight is 397 g/mol. The molecule has 1 aliphatic heterocycles. The van der Waals surface area contributed by atoms with Gasteiger partial charge in [-0.15, -0.1) is 0 Å². The number of nitro benzene ring substituents is 1.